The topological polar surface area (TPSA) is 135 Å². The predicted molar refractivity (Wildman–Crippen MR) is 109 cm³/mol. The van der Waals surface area contributed by atoms with Crippen LogP contribution in [0.3, 0.4) is 0 Å². The number of hydrogen-bond donors (Lipinski definition) is 3. The second-order valence-electron chi connectivity index (χ2n) is 8.37. The number of aliphatic carboxylic acids is 1. The molecule has 2 rings (SSSR count). The molecule has 1 fully saturated rings. The fourth-order valence-electron chi connectivity index (χ4n) is 3.18. The van der Waals surface area contributed by atoms with E-state index in [0.29, 0.717) is 6.42 Å². The Kier molecular flexibility index (Phi) is 7.27. The van der Waals surface area contributed by atoms with Crippen LogP contribution in [0.4, 0.5) is 0 Å². The van der Waals surface area contributed by atoms with Crippen LogP contribution in [0.25, 0.3) is 0 Å². The van der Waals surface area contributed by atoms with Gasteiger partial charge in [-0.05, 0) is 32.3 Å². The van der Waals surface area contributed by atoms with Crippen LogP contribution in [0.5, 0.6) is 0 Å². The van der Waals surface area contributed by atoms with Crippen LogP contribution < -0.4 is 15.9 Å². The van der Waals surface area contributed by atoms with E-state index in [1.54, 1.807) is 0 Å². The van der Waals surface area contributed by atoms with Gasteiger partial charge in [-0.2, -0.15) is 9.13 Å². The molecule has 29 heavy (non-hydrogen) atoms. The number of aryl methyl sites for hydroxylation is 1. The zero-order valence-electron chi connectivity index (χ0n) is 17.3. The molecule has 3 N–H and O–H groups in total. The zero-order chi connectivity index (χ0) is 22.1. The van der Waals surface area contributed by atoms with Gasteiger partial charge in [0, 0.05) is 0 Å². The third kappa shape index (κ3) is 5.45. The van der Waals surface area contributed by atoms with Crippen LogP contribution in [0.15, 0.2) is 15.9 Å². The van der Waals surface area contributed by atoms with Crippen LogP contribution in [-0.2, 0) is 23.1 Å². The quantitative estimate of drug-likeness (QED) is 0.342. The number of nitrogens with zero attached hydrogens (tertiary/aromatic N) is 3. The number of aromatic nitrogens is 3. The number of carbonyl (C=O) groups is 1. The van der Waals surface area contributed by atoms with Crippen molar-refractivity contribution in [3.8, 4) is 0 Å². The van der Waals surface area contributed by atoms with Crippen LogP contribution >= 0.6 is 6.89 Å². The molecule has 0 aliphatic carbocycles. The van der Waals surface area contributed by atoms with E-state index in [1.807, 2.05) is 0 Å². The first kappa shape index (κ1) is 23.5. The SMILES string of the molecule is C=P(C)(C)CC[C@H]1O[C@@H](n2c[n+](C)c(=O)n(CCC(C)C(=O)O)c2=O)[C@H](O)[C@@H]1O. The molecular formula is C18H31N3O7P+. The smallest absolute Gasteiger partial charge is 0.450 e. The summed E-state index contributed by atoms with van der Waals surface area (Å²) in [6.07, 6.45) is 2.38. The van der Waals surface area contributed by atoms with Gasteiger partial charge in [-0.15, -0.1) is 13.2 Å². The van der Waals surface area contributed by atoms with Crippen molar-refractivity contribution in [2.45, 2.75) is 50.8 Å². The van der Waals surface area contributed by atoms with Crippen molar-refractivity contribution in [1.29, 1.82) is 0 Å². The Morgan fingerprint density at radius 1 is 1.34 bits per heavy atom. The maximum atomic E-state index is 12.9. The molecule has 2 heterocycles. The van der Waals surface area contributed by atoms with Crippen molar-refractivity contribution in [2.75, 3.05) is 19.5 Å². The Morgan fingerprint density at radius 3 is 2.52 bits per heavy atom. The minimum absolute atomic E-state index is 0.0885. The molecule has 1 saturated heterocycles. The van der Waals surface area contributed by atoms with Crippen molar-refractivity contribution in [3.63, 3.8) is 0 Å². The highest BCUT2D eigenvalue weighted by Gasteiger charge is 2.46. The largest absolute Gasteiger partial charge is 0.481 e. The van der Waals surface area contributed by atoms with Crippen LogP contribution in [0, 0.1) is 5.92 Å². The minimum Gasteiger partial charge on any atom is -0.481 e. The summed E-state index contributed by atoms with van der Waals surface area (Å²) >= 11 is 0. The highest BCUT2D eigenvalue weighted by Crippen LogP contribution is 2.39. The highest BCUT2D eigenvalue weighted by molar-refractivity contribution is 7.72. The van der Waals surface area contributed by atoms with E-state index < -0.39 is 54.7 Å². The molecule has 1 aliphatic rings. The molecule has 0 amide bonds. The van der Waals surface area contributed by atoms with Gasteiger partial charge in [-0.3, -0.25) is 4.79 Å². The Balaban J connectivity index is 2.32. The van der Waals surface area contributed by atoms with Crippen molar-refractivity contribution >= 4 is 19.2 Å². The molecule has 0 radical (unpaired) electrons. The number of aliphatic hydroxyl groups excluding tert-OH is 2. The van der Waals surface area contributed by atoms with Gasteiger partial charge in [0.2, 0.25) is 12.6 Å². The summed E-state index contributed by atoms with van der Waals surface area (Å²) in [4.78, 5) is 36.3. The van der Waals surface area contributed by atoms with E-state index in [-0.39, 0.29) is 13.0 Å². The van der Waals surface area contributed by atoms with E-state index in [9.17, 15) is 24.6 Å². The summed E-state index contributed by atoms with van der Waals surface area (Å²) in [6, 6.07) is 0. The molecule has 164 valence electrons. The van der Waals surface area contributed by atoms with Gasteiger partial charge < -0.3 is 20.1 Å². The van der Waals surface area contributed by atoms with Crippen LogP contribution in [0.2, 0.25) is 0 Å². The molecule has 10 nitrogen and oxygen atoms in total. The van der Waals surface area contributed by atoms with Crippen molar-refractivity contribution < 1.29 is 29.4 Å². The summed E-state index contributed by atoms with van der Waals surface area (Å²) in [5.41, 5.74) is -1.33. The molecule has 0 bridgehead atoms. The third-order valence-electron chi connectivity index (χ3n) is 5.12. The summed E-state index contributed by atoms with van der Waals surface area (Å²) in [5, 5.41) is 29.9. The molecule has 11 heteroatoms. The van der Waals surface area contributed by atoms with Gasteiger partial charge in [-0.1, -0.05) is 6.92 Å². The summed E-state index contributed by atoms with van der Waals surface area (Å²) < 4.78 is 8.94. The van der Waals surface area contributed by atoms with Crippen molar-refractivity contribution in [1.82, 2.24) is 9.13 Å². The second-order valence-corrected chi connectivity index (χ2v) is 12.7. The number of aliphatic hydroxyl groups is 2. The molecule has 0 aromatic carbocycles. The first-order chi connectivity index (χ1) is 13.3. The van der Waals surface area contributed by atoms with Crippen molar-refractivity contribution in [3.05, 3.63) is 27.3 Å². The lowest BCUT2D eigenvalue weighted by Gasteiger charge is -2.18. The molecule has 1 aromatic rings. The third-order valence-corrected chi connectivity index (χ3v) is 6.59. The Bertz CT molecular complexity index is 919. The van der Waals surface area contributed by atoms with Gasteiger partial charge in [-0.25, -0.2) is 14.2 Å². The number of hydrogen-bond acceptors (Lipinski definition) is 6. The average molecular weight is 432 g/mol. The first-order valence-corrected chi connectivity index (χ1v) is 12.5. The molecule has 0 spiro atoms. The summed E-state index contributed by atoms with van der Waals surface area (Å²) in [7, 11) is 1.44. The normalized spacial score (nSPS) is 25.9. The average Bonchev–Trinajstić information content (AvgIpc) is 2.90. The molecular weight excluding hydrogens is 401 g/mol. The lowest BCUT2D eigenvalue weighted by atomic mass is 10.1. The van der Waals surface area contributed by atoms with Gasteiger partial charge in [0.25, 0.3) is 0 Å². The maximum absolute atomic E-state index is 12.9. The lowest BCUT2D eigenvalue weighted by Crippen LogP contribution is -2.59. The summed E-state index contributed by atoms with van der Waals surface area (Å²) in [5.74, 6) is -1.75. The highest BCUT2D eigenvalue weighted by atomic mass is 31.2. The predicted octanol–water partition coefficient (Wildman–Crippen LogP) is -1.34. The molecule has 1 unspecified atom stereocenters. The van der Waals surface area contributed by atoms with E-state index in [4.69, 9.17) is 9.84 Å². The summed E-state index contributed by atoms with van der Waals surface area (Å²) in [6.45, 7) is 4.16. The number of rotatable bonds is 8. The van der Waals surface area contributed by atoms with E-state index in [0.717, 1.165) is 19.9 Å². The fraction of sp³-hybridized carbons (Fsp3) is 0.722. The second kappa shape index (κ2) is 8.95. The van der Waals surface area contributed by atoms with Crippen LogP contribution in [0.1, 0.15) is 26.0 Å². The number of ether oxygens (including phenoxy) is 1. The Morgan fingerprint density at radius 2 is 1.97 bits per heavy atom. The van der Waals surface area contributed by atoms with E-state index >= 15 is 0 Å². The number of carboxylic acid groups (broad SMARTS) is 1. The van der Waals surface area contributed by atoms with Gasteiger partial charge in [0.05, 0.1) is 25.6 Å². The van der Waals surface area contributed by atoms with Gasteiger partial charge >= 0.3 is 17.3 Å². The van der Waals surface area contributed by atoms with E-state index in [1.165, 1.54) is 20.3 Å². The Labute approximate surface area is 169 Å². The van der Waals surface area contributed by atoms with Gasteiger partial charge in [0.15, 0.2) is 0 Å². The number of carboxylic acids is 1. The van der Waals surface area contributed by atoms with Crippen LogP contribution in [-0.4, -0.2) is 74.5 Å². The minimum atomic E-state index is -1.35. The molecule has 1 aromatic heterocycles. The van der Waals surface area contributed by atoms with Crippen molar-refractivity contribution in [2.24, 2.45) is 13.0 Å². The lowest BCUT2D eigenvalue weighted by molar-refractivity contribution is -0.696. The first-order valence-electron chi connectivity index (χ1n) is 9.47. The monoisotopic (exact) mass is 432 g/mol. The van der Waals surface area contributed by atoms with Gasteiger partial charge in [0.1, 0.15) is 12.2 Å². The standard InChI is InChI=1S/C18H30N3O7P/c1-11(16(24)25)6-8-20-17(26)19(2)10-21(18(20)27)15-14(23)13(22)12(28-15)7-9-29(3,4)5/h10-15,22-23H,3,6-9H2,1-2,4-5H3/p+1/t11?,12-,13-,14-,15-/m1/s1. The zero-order valence-corrected chi connectivity index (χ0v) is 18.2. The maximum Gasteiger partial charge on any atom is 0.450 e. The fourth-order valence-corrected chi connectivity index (χ4v) is 4.14. The molecule has 0 saturated carbocycles. The molecule has 1 aliphatic heterocycles. The van der Waals surface area contributed by atoms with E-state index in [2.05, 4.69) is 19.6 Å². The molecule has 5 atom stereocenters. The Hall–Kier alpha value is -1.74.